The Morgan fingerprint density at radius 1 is 1.19 bits per heavy atom. The van der Waals surface area contributed by atoms with E-state index >= 15 is 0 Å². The summed E-state index contributed by atoms with van der Waals surface area (Å²) in [5, 5.41) is 13.4. The smallest absolute Gasteiger partial charge is 0.270 e. The summed E-state index contributed by atoms with van der Waals surface area (Å²) < 4.78 is 0. The maximum Gasteiger partial charge on any atom is 0.270 e. The molecule has 0 bridgehead atoms. The van der Waals surface area contributed by atoms with Crippen molar-refractivity contribution in [1.82, 2.24) is 0 Å². The molecule has 21 heavy (non-hydrogen) atoms. The SMILES string of the molecule is Cc1ccccc1NC(=O)C=Cc1cccc([N+](=O)[O-])c1. The second kappa shape index (κ2) is 6.47. The molecule has 2 aromatic carbocycles. The van der Waals surface area contributed by atoms with Crippen LogP contribution in [0.25, 0.3) is 6.08 Å². The normalized spacial score (nSPS) is 10.5. The van der Waals surface area contributed by atoms with Crippen LogP contribution in [0.3, 0.4) is 0 Å². The summed E-state index contributed by atoms with van der Waals surface area (Å²) in [6.45, 7) is 1.90. The molecule has 0 fully saturated rings. The minimum absolute atomic E-state index is 0.00328. The number of nitro groups is 1. The van der Waals surface area contributed by atoms with Crippen molar-refractivity contribution < 1.29 is 9.72 Å². The van der Waals surface area contributed by atoms with E-state index in [9.17, 15) is 14.9 Å². The standard InChI is InChI=1S/C16H14N2O3/c1-12-5-2-3-8-15(12)17-16(19)10-9-13-6-4-7-14(11-13)18(20)21/h2-11H,1H3,(H,17,19). The van der Waals surface area contributed by atoms with Gasteiger partial charge in [-0.25, -0.2) is 0 Å². The molecule has 5 heteroatoms. The number of rotatable bonds is 4. The van der Waals surface area contributed by atoms with Gasteiger partial charge in [-0.1, -0.05) is 30.3 Å². The Balaban J connectivity index is 2.07. The largest absolute Gasteiger partial charge is 0.322 e. The lowest BCUT2D eigenvalue weighted by Crippen LogP contribution is -2.08. The van der Waals surface area contributed by atoms with Gasteiger partial charge in [0, 0.05) is 23.9 Å². The van der Waals surface area contributed by atoms with Gasteiger partial charge >= 0.3 is 0 Å². The van der Waals surface area contributed by atoms with Crippen LogP contribution in [0.1, 0.15) is 11.1 Å². The molecule has 0 saturated carbocycles. The van der Waals surface area contributed by atoms with Gasteiger partial charge in [0.05, 0.1) is 4.92 Å². The Hall–Kier alpha value is -2.95. The van der Waals surface area contributed by atoms with Crippen molar-refractivity contribution in [1.29, 1.82) is 0 Å². The average Bonchev–Trinajstić information content (AvgIpc) is 2.48. The fourth-order valence-corrected chi connectivity index (χ4v) is 1.80. The van der Waals surface area contributed by atoms with Crippen molar-refractivity contribution in [2.24, 2.45) is 0 Å². The molecule has 0 aliphatic rings. The van der Waals surface area contributed by atoms with Gasteiger partial charge in [-0.05, 0) is 30.2 Å². The van der Waals surface area contributed by atoms with Crippen LogP contribution >= 0.6 is 0 Å². The predicted octanol–water partition coefficient (Wildman–Crippen LogP) is 3.56. The monoisotopic (exact) mass is 282 g/mol. The quantitative estimate of drug-likeness (QED) is 0.529. The number of nitro benzene ring substituents is 1. The molecule has 106 valence electrons. The van der Waals surface area contributed by atoms with E-state index in [4.69, 9.17) is 0 Å². The Morgan fingerprint density at radius 3 is 2.67 bits per heavy atom. The summed E-state index contributed by atoms with van der Waals surface area (Å²) in [4.78, 5) is 22.0. The maximum absolute atomic E-state index is 11.8. The van der Waals surface area contributed by atoms with Crippen molar-refractivity contribution in [2.45, 2.75) is 6.92 Å². The number of para-hydroxylation sites is 1. The number of hydrogen-bond acceptors (Lipinski definition) is 3. The number of aryl methyl sites for hydroxylation is 1. The van der Waals surface area contributed by atoms with Crippen LogP contribution in [0.2, 0.25) is 0 Å². The van der Waals surface area contributed by atoms with Gasteiger partial charge in [-0.2, -0.15) is 0 Å². The minimum atomic E-state index is -0.468. The third-order valence-corrected chi connectivity index (χ3v) is 2.91. The molecule has 0 spiro atoms. The lowest BCUT2D eigenvalue weighted by Gasteiger charge is -2.05. The highest BCUT2D eigenvalue weighted by Gasteiger charge is 2.04. The van der Waals surface area contributed by atoms with E-state index in [1.165, 1.54) is 18.2 Å². The Morgan fingerprint density at radius 2 is 1.95 bits per heavy atom. The highest BCUT2D eigenvalue weighted by molar-refractivity contribution is 6.02. The van der Waals surface area contributed by atoms with Crippen LogP contribution < -0.4 is 5.32 Å². The fraction of sp³-hybridized carbons (Fsp3) is 0.0625. The van der Waals surface area contributed by atoms with Crippen molar-refractivity contribution >= 4 is 23.4 Å². The summed E-state index contributed by atoms with van der Waals surface area (Å²) in [5.41, 5.74) is 2.31. The number of benzene rings is 2. The van der Waals surface area contributed by atoms with Gasteiger partial charge in [0.15, 0.2) is 0 Å². The Kier molecular flexibility index (Phi) is 4.46. The van der Waals surface area contributed by atoms with Gasteiger partial charge in [0.25, 0.3) is 5.69 Å². The Bertz CT molecular complexity index is 708. The summed E-state index contributed by atoms with van der Waals surface area (Å²) in [7, 11) is 0. The van der Waals surface area contributed by atoms with Crippen LogP contribution in [0.15, 0.2) is 54.6 Å². The minimum Gasteiger partial charge on any atom is -0.322 e. The average molecular weight is 282 g/mol. The summed E-state index contributed by atoms with van der Waals surface area (Å²) >= 11 is 0. The molecule has 0 atom stereocenters. The molecule has 2 aromatic rings. The molecule has 0 heterocycles. The van der Waals surface area contributed by atoms with Crippen LogP contribution in [-0.4, -0.2) is 10.8 Å². The first-order valence-electron chi connectivity index (χ1n) is 6.35. The number of carbonyl (C=O) groups excluding carboxylic acids is 1. The molecule has 1 N–H and O–H groups in total. The van der Waals surface area contributed by atoms with Gasteiger partial charge in [-0.3, -0.25) is 14.9 Å². The molecule has 0 saturated heterocycles. The highest BCUT2D eigenvalue weighted by Crippen LogP contribution is 2.15. The third kappa shape index (κ3) is 4.01. The molecule has 0 aliphatic heterocycles. The third-order valence-electron chi connectivity index (χ3n) is 2.91. The Labute approximate surface area is 122 Å². The molecule has 0 unspecified atom stereocenters. The lowest BCUT2D eigenvalue weighted by atomic mass is 10.2. The molecule has 1 amide bonds. The summed E-state index contributed by atoms with van der Waals surface area (Å²) in [5.74, 6) is -0.282. The highest BCUT2D eigenvalue weighted by atomic mass is 16.6. The van der Waals surface area contributed by atoms with E-state index in [2.05, 4.69) is 5.32 Å². The number of non-ortho nitro benzene ring substituents is 1. The van der Waals surface area contributed by atoms with E-state index in [0.29, 0.717) is 5.56 Å². The number of amides is 1. The first-order valence-corrected chi connectivity index (χ1v) is 6.35. The van der Waals surface area contributed by atoms with Gasteiger partial charge in [-0.15, -0.1) is 0 Å². The van der Waals surface area contributed by atoms with E-state index in [-0.39, 0.29) is 11.6 Å². The number of nitrogens with zero attached hydrogens (tertiary/aromatic N) is 1. The van der Waals surface area contributed by atoms with Crippen molar-refractivity contribution in [3.8, 4) is 0 Å². The number of hydrogen-bond donors (Lipinski definition) is 1. The summed E-state index contributed by atoms with van der Waals surface area (Å²) in [6.07, 6.45) is 2.89. The van der Waals surface area contributed by atoms with Crippen molar-refractivity contribution in [2.75, 3.05) is 5.32 Å². The van der Waals surface area contributed by atoms with Crippen molar-refractivity contribution in [3.63, 3.8) is 0 Å². The zero-order valence-electron chi connectivity index (χ0n) is 11.4. The molecule has 0 aliphatic carbocycles. The summed E-state index contributed by atoms with van der Waals surface area (Å²) in [6, 6.07) is 13.6. The lowest BCUT2D eigenvalue weighted by molar-refractivity contribution is -0.384. The maximum atomic E-state index is 11.8. The molecule has 5 nitrogen and oxygen atoms in total. The van der Waals surface area contributed by atoms with Crippen LogP contribution in [0.4, 0.5) is 11.4 Å². The molecule has 0 aromatic heterocycles. The topological polar surface area (TPSA) is 72.2 Å². The fourth-order valence-electron chi connectivity index (χ4n) is 1.80. The zero-order valence-corrected chi connectivity index (χ0v) is 11.4. The number of anilines is 1. The van der Waals surface area contributed by atoms with Gasteiger partial charge in [0.1, 0.15) is 0 Å². The zero-order chi connectivity index (χ0) is 15.2. The van der Waals surface area contributed by atoms with Gasteiger partial charge in [0.2, 0.25) is 5.91 Å². The van der Waals surface area contributed by atoms with Crippen molar-refractivity contribution in [3.05, 3.63) is 75.8 Å². The van der Waals surface area contributed by atoms with Gasteiger partial charge < -0.3 is 5.32 Å². The van der Waals surface area contributed by atoms with Crippen LogP contribution in [-0.2, 0) is 4.79 Å². The molecular weight excluding hydrogens is 268 g/mol. The second-order valence-electron chi connectivity index (χ2n) is 4.49. The first kappa shape index (κ1) is 14.5. The van der Waals surface area contributed by atoms with Crippen LogP contribution in [0.5, 0.6) is 0 Å². The number of carbonyl (C=O) groups is 1. The van der Waals surface area contributed by atoms with E-state index < -0.39 is 4.92 Å². The molecule has 0 radical (unpaired) electrons. The van der Waals surface area contributed by atoms with E-state index in [1.807, 2.05) is 31.2 Å². The first-order chi connectivity index (χ1) is 10.1. The van der Waals surface area contributed by atoms with Crippen LogP contribution in [0, 0.1) is 17.0 Å². The second-order valence-corrected chi connectivity index (χ2v) is 4.49. The number of nitrogens with one attached hydrogen (secondary N) is 1. The molecular formula is C16H14N2O3. The predicted molar refractivity (Wildman–Crippen MR) is 81.9 cm³/mol. The van der Waals surface area contributed by atoms with E-state index in [1.54, 1.807) is 18.2 Å². The van der Waals surface area contributed by atoms with E-state index in [0.717, 1.165) is 11.3 Å². The molecule has 2 rings (SSSR count).